The van der Waals surface area contributed by atoms with Crippen LogP contribution in [0.5, 0.6) is 0 Å². The van der Waals surface area contributed by atoms with E-state index in [0.717, 1.165) is 11.1 Å². The number of pyridine rings is 1. The Kier molecular flexibility index (Phi) is 5.09. The first-order valence-electron chi connectivity index (χ1n) is 7.58. The summed E-state index contributed by atoms with van der Waals surface area (Å²) in [5, 5.41) is 5.96. The summed E-state index contributed by atoms with van der Waals surface area (Å²) in [6.45, 7) is 1.06. The Hall–Kier alpha value is -3.28. The summed E-state index contributed by atoms with van der Waals surface area (Å²) < 4.78 is 0. The Bertz CT molecular complexity index is 776. The van der Waals surface area contributed by atoms with Gasteiger partial charge in [0.1, 0.15) is 11.5 Å². The number of hydrogen-bond donors (Lipinski definition) is 2. The summed E-state index contributed by atoms with van der Waals surface area (Å²) in [6, 6.07) is 13.7. The fourth-order valence-corrected chi connectivity index (χ4v) is 2.10. The Balaban J connectivity index is 1.53. The van der Waals surface area contributed by atoms with Gasteiger partial charge in [0.05, 0.1) is 12.4 Å². The molecule has 3 rings (SSSR count). The highest BCUT2D eigenvalue weighted by molar-refractivity contribution is 5.91. The molecule has 24 heavy (non-hydrogen) atoms. The van der Waals surface area contributed by atoms with Gasteiger partial charge >= 0.3 is 0 Å². The van der Waals surface area contributed by atoms with Gasteiger partial charge in [-0.2, -0.15) is 0 Å². The standard InChI is InChI=1S/C18H17N5O/c24-18(23-11-15-7-4-8-19-9-15)16-12-22-17(13-20-16)21-10-14-5-2-1-3-6-14/h1-9,12-13H,10-11H2,(H,21,22)(H,23,24). The van der Waals surface area contributed by atoms with E-state index in [1.54, 1.807) is 18.6 Å². The minimum absolute atomic E-state index is 0.263. The lowest BCUT2D eigenvalue weighted by Gasteiger charge is -2.07. The monoisotopic (exact) mass is 319 g/mol. The molecule has 1 aromatic carbocycles. The molecule has 0 fully saturated rings. The predicted molar refractivity (Wildman–Crippen MR) is 91.2 cm³/mol. The molecule has 0 spiro atoms. The molecule has 2 heterocycles. The number of nitrogens with one attached hydrogen (secondary N) is 2. The molecule has 0 saturated heterocycles. The highest BCUT2D eigenvalue weighted by atomic mass is 16.1. The van der Waals surface area contributed by atoms with E-state index >= 15 is 0 Å². The summed E-state index contributed by atoms with van der Waals surface area (Å²) in [6.07, 6.45) is 6.42. The molecule has 0 atom stereocenters. The van der Waals surface area contributed by atoms with Crippen molar-refractivity contribution >= 4 is 11.7 Å². The average Bonchev–Trinajstić information content (AvgIpc) is 2.66. The lowest BCUT2D eigenvalue weighted by molar-refractivity contribution is 0.0945. The van der Waals surface area contributed by atoms with Gasteiger partial charge in [-0.25, -0.2) is 9.97 Å². The molecule has 0 radical (unpaired) electrons. The van der Waals surface area contributed by atoms with Crippen LogP contribution in [0.1, 0.15) is 21.6 Å². The first kappa shape index (κ1) is 15.6. The van der Waals surface area contributed by atoms with E-state index in [-0.39, 0.29) is 11.6 Å². The molecular formula is C18H17N5O. The van der Waals surface area contributed by atoms with Gasteiger partial charge in [-0.1, -0.05) is 36.4 Å². The van der Waals surface area contributed by atoms with Crippen molar-refractivity contribution in [2.75, 3.05) is 5.32 Å². The van der Waals surface area contributed by atoms with Crippen molar-refractivity contribution in [2.24, 2.45) is 0 Å². The Morgan fingerprint density at radius 3 is 2.42 bits per heavy atom. The van der Waals surface area contributed by atoms with E-state index in [1.165, 1.54) is 6.20 Å². The normalized spacial score (nSPS) is 10.2. The molecule has 6 heteroatoms. The second-order valence-corrected chi connectivity index (χ2v) is 5.17. The van der Waals surface area contributed by atoms with E-state index in [4.69, 9.17) is 0 Å². The molecular weight excluding hydrogens is 302 g/mol. The molecule has 2 N–H and O–H groups in total. The van der Waals surface area contributed by atoms with Crippen molar-refractivity contribution in [3.63, 3.8) is 0 Å². The minimum Gasteiger partial charge on any atom is -0.365 e. The molecule has 0 aliphatic carbocycles. The molecule has 0 unspecified atom stereocenters. The summed E-state index contributed by atoms with van der Waals surface area (Å²) in [5.74, 6) is 0.364. The summed E-state index contributed by atoms with van der Waals surface area (Å²) in [4.78, 5) is 24.4. The Morgan fingerprint density at radius 2 is 1.71 bits per heavy atom. The van der Waals surface area contributed by atoms with Gasteiger partial charge in [0.25, 0.3) is 5.91 Å². The van der Waals surface area contributed by atoms with Crippen molar-refractivity contribution in [1.29, 1.82) is 0 Å². The van der Waals surface area contributed by atoms with Crippen molar-refractivity contribution in [1.82, 2.24) is 20.3 Å². The van der Waals surface area contributed by atoms with Crippen molar-refractivity contribution in [3.05, 3.63) is 84.1 Å². The first-order valence-corrected chi connectivity index (χ1v) is 7.58. The maximum Gasteiger partial charge on any atom is 0.271 e. The molecule has 6 nitrogen and oxygen atoms in total. The Labute approximate surface area is 140 Å². The lowest BCUT2D eigenvalue weighted by Crippen LogP contribution is -2.24. The smallest absolute Gasteiger partial charge is 0.271 e. The van der Waals surface area contributed by atoms with Crippen LogP contribution in [0.4, 0.5) is 5.82 Å². The topological polar surface area (TPSA) is 79.8 Å². The van der Waals surface area contributed by atoms with Crippen LogP contribution in [-0.4, -0.2) is 20.9 Å². The third-order valence-corrected chi connectivity index (χ3v) is 3.38. The summed E-state index contributed by atoms with van der Waals surface area (Å²) in [7, 11) is 0. The van der Waals surface area contributed by atoms with Gasteiger partial charge in [0.15, 0.2) is 0 Å². The van der Waals surface area contributed by atoms with Crippen molar-refractivity contribution in [2.45, 2.75) is 13.1 Å². The molecule has 0 aliphatic heterocycles. The van der Waals surface area contributed by atoms with Crippen LogP contribution < -0.4 is 10.6 Å². The highest BCUT2D eigenvalue weighted by Crippen LogP contribution is 2.05. The number of amides is 1. The van der Waals surface area contributed by atoms with Crippen LogP contribution in [0, 0.1) is 0 Å². The molecule has 0 aliphatic rings. The molecule has 3 aromatic rings. The van der Waals surface area contributed by atoms with E-state index in [0.29, 0.717) is 18.9 Å². The number of hydrogen-bond acceptors (Lipinski definition) is 5. The van der Waals surface area contributed by atoms with E-state index in [9.17, 15) is 4.79 Å². The quantitative estimate of drug-likeness (QED) is 0.729. The lowest BCUT2D eigenvalue weighted by atomic mass is 10.2. The maximum atomic E-state index is 12.1. The van der Waals surface area contributed by atoms with E-state index < -0.39 is 0 Å². The summed E-state index contributed by atoms with van der Waals surface area (Å²) >= 11 is 0. The number of anilines is 1. The number of benzene rings is 1. The van der Waals surface area contributed by atoms with Crippen LogP contribution in [0.25, 0.3) is 0 Å². The van der Waals surface area contributed by atoms with E-state index in [1.807, 2.05) is 42.5 Å². The fraction of sp³-hybridized carbons (Fsp3) is 0.111. The van der Waals surface area contributed by atoms with Crippen LogP contribution in [0.2, 0.25) is 0 Å². The predicted octanol–water partition coefficient (Wildman–Crippen LogP) is 2.41. The van der Waals surface area contributed by atoms with E-state index in [2.05, 4.69) is 25.6 Å². The van der Waals surface area contributed by atoms with Crippen molar-refractivity contribution < 1.29 is 4.79 Å². The highest BCUT2D eigenvalue weighted by Gasteiger charge is 2.07. The maximum absolute atomic E-state index is 12.1. The second kappa shape index (κ2) is 7.82. The van der Waals surface area contributed by atoms with Gasteiger partial charge in [0, 0.05) is 25.5 Å². The van der Waals surface area contributed by atoms with Gasteiger partial charge in [-0.15, -0.1) is 0 Å². The van der Waals surface area contributed by atoms with Gasteiger partial charge in [-0.05, 0) is 17.2 Å². The van der Waals surface area contributed by atoms with Crippen molar-refractivity contribution in [3.8, 4) is 0 Å². The van der Waals surface area contributed by atoms with Gasteiger partial charge in [-0.3, -0.25) is 9.78 Å². The molecule has 1 amide bonds. The zero-order valence-corrected chi connectivity index (χ0v) is 13.0. The van der Waals surface area contributed by atoms with Crippen LogP contribution in [0.15, 0.2) is 67.3 Å². The molecule has 0 bridgehead atoms. The van der Waals surface area contributed by atoms with Gasteiger partial charge in [0.2, 0.25) is 0 Å². The zero-order chi connectivity index (χ0) is 16.6. The SMILES string of the molecule is O=C(NCc1cccnc1)c1cnc(NCc2ccccc2)cn1. The average molecular weight is 319 g/mol. The third kappa shape index (κ3) is 4.36. The van der Waals surface area contributed by atoms with Crippen LogP contribution >= 0.6 is 0 Å². The minimum atomic E-state index is -0.263. The van der Waals surface area contributed by atoms with Crippen LogP contribution in [0.3, 0.4) is 0 Å². The van der Waals surface area contributed by atoms with Crippen LogP contribution in [-0.2, 0) is 13.1 Å². The number of aromatic nitrogens is 3. The fourth-order valence-electron chi connectivity index (χ4n) is 2.10. The number of carbonyl (C=O) groups is 1. The first-order chi connectivity index (χ1) is 11.8. The summed E-state index contributed by atoms with van der Waals surface area (Å²) in [5.41, 5.74) is 2.36. The number of nitrogens with zero attached hydrogens (tertiary/aromatic N) is 3. The molecule has 120 valence electrons. The largest absolute Gasteiger partial charge is 0.365 e. The third-order valence-electron chi connectivity index (χ3n) is 3.38. The second-order valence-electron chi connectivity index (χ2n) is 5.17. The molecule has 0 saturated carbocycles. The molecule has 2 aromatic heterocycles. The number of rotatable bonds is 6. The Morgan fingerprint density at radius 1 is 0.875 bits per heavy atom. The van der Waals surface area contributed by atoms with Gasteiger partial charge < -0.3 is 10.6 Å². The number of carbonyl (C=O) groups excluding carboxylic acids is 1. The zero-order valence-electron chi connectivity index (χ0n) is 13.0.